The van der Waals surface area contributed by atoms with Crippen LogP contribution in [0.3, 0.4) is 0 Å². The molecule has 0 radical (unpaired) electrons. The van der Waals surface area contributed by atoms with E-state index in [4.69, 9.17) is 0 Å². The van der Waals surface area contributed by atoms with Crippen molar-refractivity contribution in [2.24, 2.45) is 0 Å². The minimum absolute atomic E-state index is 0.243. The van der Waals surface area contributed by atoms with Crippen LogP contribution < -0.4 is 10.6 Å². The Morgan fingerprint density at radius 3 is 2.48 bits per heavy atom. The van der Waals surface area contributed by atoms with Crippen molar-refractivity contribution in [3.63, 3.8) is 0 Å². The number of rotatable bonds is 5. The highest BCUT2D eigenvalue weighted by molar-refractivity contribution is 5.89. The molecule has 0 fully saturated rings. The molecule has 0 aliphatic heterocycles. The number of benzene rings is 1. The summed E-state index contributed by atoms with van der Waals surface area (Å²) in [5.74, 6) is -1.06. The van der Waals surface area contributed by atoms with Gasteiger partial charge in [0.05, 0.1) is 5.56 Å². The van der Waals surface area contributed by atoms with E-state index < -0.39 is 23.6 Å². The lowest BCUT2D eigenvalue weighted by Crippen LogP contribution is -2.31. The molecule has 1 rings (SSSR count). The molecule has 0 bridgehead atoms. The van der Waals surface area contributed by atoms with Gasteiger partial charge < -0.3 is 15.5 Å². The normalized spacial score (nSPS) is 11.6. The first kappa shape index (κ1) is 17.2. The Morgan fingerprint density at radius 1 is 1.24 bits per heavy atom. The van der Waals surface area contributed by atoms with Crippen LogP contribution in [0.2, 0.25) is 0 Å². The summed E-state index contributed by atoms with van der Waals surface area (Å²) >= 11 is 0. The number of urea groups is 1. The van der Waals surface area contributed by atoms with Crippen molar-refractivity contribution < 1.29 is 22.4 Å². The lowest BCUT2D eigenvalue weighted by Gasteiger charge is -2.12. The van der Waals surface area contributed by atoms with E-state index in [2.05, 4.69) is 10.6 Å². The number of nitrogens with one attached hydrogen (secondary N) is 2. The van der Waals surface area contributed by atoms with E-state index in [1.54, 1.807) is 0 Å². The molecule has 0 aliphatic carbocycles. The van der Waals surface area contributed by atoms with Crippen molar-refractivity contribution >= 4 is 11.7 Å². The lowest BCUT2D eigenvalue weighted by atomic mass is 10.2. The van der Waals surface area contributed by atoms with E-state index in [-0.39, 0.29) is 5.69 Å². The third-order valence-corrected chi connectivity index (χ3v) is 2.55. The van der Waals surface area contributed by atoms with E-state index in [1.165, 1.54) is 0 Å². The first-order valence-corrected chi connectivity index (χ1v) is 6.26. The van der Waals surface area contributed by atoms with Gasteiger partial charge in [0.1, 0.15) is 5.82 Å². The Balaban J connectivity index is 2.58. The van der Waals surface area contributed by atoms with Gasteiger partial charge in [-0.1, -0.05) is 0 Å². The van der Waals surface area contributed by atoms with Crippen LogP contribution in [0.5, 0.6) is 0 Å². The van der Waals surface area contributed by atoms with Gasteiger partial charge in [-0.3, -0.25) is 0 Å². The molecular formula is C13H17F4N3O. The molecule has 0 aliphatic rings. The third-order valence-electron chi connectivity index (χ3n) is 2.55. The second-order valence-corrected chi connectivity index (χ2v) is 4.76. The van der Waals surface area contributed by atoms with Gasteiger partial charge in [0, 0.05) is 12.2 Å². The maximum atomic E-state index is 13.1. The van der Waals surface area contributed by atoms with Crippen molar-refractivity contribution in [1.82, 2.24) is 10.2 Å². The number of alkyl halides is 3. The van der Waals surface area contributed by atoms with Gasteiger partial charge in [-0.2, -0.15) is 13.2 Å². The van der Waals surface area contributed by atoms with Crippen LogP contribution in [0.4, 0.5) is 28.0 Å². The number of amides is 2. The topological polar surface area (TPSA) is 44.4 Å². The lowest BCUT2D eigenvalue weighted by molar-refractivity contribution is -0.137. The van der Waals surface area contributed by atoms with Gasteiger partial charge >= 0.3 is 12.2 Å². The molecule has 1 aromatic rings. The molecule has 118 valence electrons. The zero-order valence-electron chi connectivity index (χ0n) is 11.7. The van der Waals surface area contributed by atoms with Crippen molar-refractivity contribution in [2.75, 3.05) is 32.5 Å². The van der Waals surface area contributed by atoms with Crippen LogP contribution in [0.25, 0.3) is 0 Å². The highest BCUT2D eigenvalue weighted by Gasteiger charge is 2.31. The second kappa shape index (κ2) is 7.26. The monoisotopic (exact) mass is 307 g/mol. The van der Waals surface area contributed by atoms with Crippen molar-refractivity contribution in [3.05, 3.63) is 29.6 Å². The Labute approximate surface area is 120 Å². The fraction of sp³-hybridized carbons (Fsp3) is 0.462. The van der Waals surface area contributed by atoms with Crippen LogP contribution in [0, 0.1) is 5.82 Å². The molecule has 2 amide bonds. The van der Waals surface area contributed by atoms with Gasteiger partial charge in [-0.05, 0) is 45.3 Å². The third kappa shape index (κ3) is 6.44. The van der Waals surface area contributed by atoms with Crippen LogP contribution in [-0.2, 0) is 6.18 Å². The molecule has 0 aromatic heterocycles. The predicted octanol–water partition coefficient (Wildman–Crippen LogP) is 2.92. The number of hydrogen-bond acceptors (Lipinski definition) is 2. The van der Waals surface area contributed by atoms with E-state index >= 15 is 0 Å². The summed E-state index contributed by atoms with van der Waals surface area (Å²) in [7, 11) is 3.76. The highest BCUT2D eigenvalue weighted by atomic mass is 19.4. The maximum Gasteiger partial charge on any atom is 0.416 e. The Morgan fingerprint density at radius 2 is 1.90 bits per heavy atom. The minimum atomic E-state index is -4.67. The first-order chi connectivity index (χ1) is 9.68. The van der Waals surface area contributed by atoms with E-state index in [1.807, 2.05) is 19.0 Å². The van der Waals surface area contributed by atoms with Gasteiger partial charge in [0.25, 0.3) is 0 Å². The summed E-state index contributed by atoms with van der Waals surface area (Å²) in [5, 5.41) is 4.66. The number of nitrogens with zero attached hydrogens (tertiary/aromatic N) is 1. The molecule has 0 heterocycles. The van der Waals surface area contributed by atoms with E-state index in [0.717, 1.165) is 12.6 Å². The zero-order valence-corrected chi connectivity index (χ0v) is 11.7. The van der Waals surface area contributed by atoms with E-state index in [9.17, 15) is 22.4 Å². The summed E-state index contributed by atoms with van der Waals surface area (Å²) in [6.45, 7) is 1.13. The largest absolute Gasteiger partial charge is 0.416 e. The molecule has 2 N–H and O–H groups in total. The zero-order chi connectivity index (χ0) is 16.0. The number of carbonyl (C=O) groups excluding carboxylic acids is 1. The molecule has 0 unspecified atom stereocenters. The molecule has 4 nitrogen and oxygen atoms in total. The summed E-state index contributed by atoms with van der Waals surface area (Å²) in [5.41, 5.74) is -1.39. The average Bonchev–Trinajstić information content (AvgIpc) is 2.32. The van der Waals surface area contributed by atoms with Crippen LogP contribution >= 0.6 is 0 Å². The van der Waals surface area contributed by atoms with Crippen molar-refractivity contribution in [3.8, 4) is 0 Å². The maximum absolute atomic E-state index is 13.1. The van der Waals surface area contributed by atoms with Gasteiger partial charge in [0.2, 0.25) is 0 Å². The Hall–Kier alpha value is -1.83. The number of carbonyl (C=O) groups is 1. The van der Waals surface area contributed by atoms with Crippen LogP contribution in [0.15, 0.2) is 18.2 Å². The van der Waals surface area contributed by atoms with Gasteiger partial charge in [-0.15, -0.1) is 0 Å². The summed E-state index contributed by atoms with van der Waals surface area (Å²) in [4.78, 5) is 13.4. The fourth-order valence-electron chi connectivity index (χ4n) is 1.60. The summed E-state index contributed by atoms with van der Waals surface area (Å²) < 4.78 is 50.7. The van der Waals surface area contributed by atoms with E-state index in [0.29, 0.717) is 25.1 Å². The molecule has 1 aromatic carbocycles. The molecule has 0 saturated heterocycles. The number of anilines is 1. The SMILES string of the molecule is CN(C)CCCNC(=O)Nc1cc(F)cc(C(F)(F)F)c1. The average molecular weight is 307 g/mol. The fourth-order valence-corrected chi connectivity index (χ4v) is 1.60. The first-order valence-electron chi connectivity index (χ1n) is 6.26. The van der Waals surface area contributed by atoms with Gasteiger partial charge in [0.15, 0.2) is 0 Å². The van der Waals surface area contributed by atoms with Crippen molar-refractivity contribution in [1.29, 1.82) is 0 Å². The minimum Gasteiger partial charge on any atom is -0.338 e. The van der Waals surface area contributed by atoms with Crippen LogP contribution in [-0.4, -0.2) is 38.1 Å². The quantitative estimate of drug-likeness (QED) is 0.649. The second-order valence-electron chi connectivity index (χ2n) is 4.76. The molecule has 21 heavy (non-hydrogen) atoms. The van der Waals surface area contributed by atoms with Gasteiger partial charge in [-0.25, -0.2) is 9.18 Å². The predicted molar refractivity (Wildman–Crippen MR) is 71.6 cm³/mol. The summed E-state index contributed by atoms with van der Waals surface area (Å²) in [6.07, 6.45) is -3.97. The van der Waals surface area contributed by atoms with Crippen molar-refractivity contribution in [2.45, 2.75) is 12.6 Å². The highest BCUT2D eigenvalue weighted by Crippen LogP contribution is 2.31. The molecule has 0 saturated carbocycles. The molecule has 0 spiro atoms. The molecule has 0 atom stereocenters. The smallest absolute Gasteiger partial charge is 0.338 e. The molecule has 8 heteroatoms. The van der Waals surface area contributed by atoms with Crippen LogP contribution in [0.1, 0.15) is 12.0 Å². The standard InChI is InChI=1S/C13H17F4N3O/c1-20(2)5-3-4-18-12(21)19-11-7-9(13(15,16)17)6-10(14)8-11/h6-8H,3-5H2,1-2H3,(H2,18,19,21). The summed E-state index contributed by atoms with van der Waals surface area (Å²) in [6, 6.07) is 1.21. The molecular weight excluding hydrogens is 290 g/mol. The number of halogens is 4. The number of hydrogen-bond donors (Lipinski definition) is 2. The Kier molecular flexibility index (Phi) is 5.95. The Bertz CT molecular complexity index is 489.